The van der Waals surface area contributed by atoms with Crippen LogP contribution in [0, 0.1) is 0 Å². The fourth-order valence-electron chi connectivity index (χ4n) is 3.82. The van der Waals surface area contributed by atoms with Gasteiger partial charge < -0.3 is 24.6 Å². The van der Waals surface area contributed by atoms with Crippen LogP contribution < -0.4 is 5.32 Å². The Bertz CT molecular complexity index is 1180. The molecule has 1 saturated heterocycles. The van der Waals surface area contributed by atoms with Crippen molar-refractivity contribution in [1.82, 2.24) is 9.97 Å². The summed E-state index contributed by atoms with van der Waals surface area (Å²) in [4.78, 5) is 31.9. The number of hydrogen-bond acceptors (Lipinski definition) is 9. The smallest absolute Gasteiger partial charge is 0.303 e. The number of carbonyl (C=O) groups excluding carboxylic acids is 2. The van der Waals surface area contributed by atoms with Crippen molar-refractivity contribution >= 4 is 29.3 Å². The zero-order valence-corrected chi connectivity index (χ0v) is 21.4. The summed E-state index contributed by atoms with van der Waals surface area (Å²) < 4.78 is 17.6. The first-order valence-corrected chi connectivity index (χ1v) is 12.9. The van der Waals surface area contributed by atoms with Crippen molar-refractivity contribution in [3.63, 3.8) is 0 Å². The van der Waals surface area contributed by atoms with E-state index >= 15 is 0 Å². The predicted octanol–water partition coefficient (Wildman–Crippen LogP) is 4.20. The molecule has 3 aromatic rings. The second-order valence-corrected chi connectivity index (χ2v) is 9.54. The summed E-state index contributed by atoms with van der Waals surface area (Å²) in [6.07, 6.45) is 2.22. The maximum Gasteiger partial charge on any atom is 0.303 e. The highest BCUT2D eigenvalue weighted by Crippen LogP contribution is 2.39. The average Bonchev–Trinajstić information content (AvgIpc) is 2.92. The van der Waals surface area contributed by atoms with Crippen LogP contribution in [-0.4, -0.2) is 44.9 Å². The van der Waals surface area contributed by atoms with Gasteiger partial charge in [0, 0.05) is 42.7 Å². The van der Waals surface area contributed by atoms with Gasteiger partial charge >= 0.3 is 5.97 Å². The Kier molecular flexibility index (Phi) is 9.24. The molecule has 37 heavy (non-hydrogen) atoms. The van der Waals surface area contributed by atoms with Crippen LogP contribution >= 0.6 is 11.8 Å². The number of ether oxygens (including phenoxy) is 3. The van der Waals surface area contributed by atoms with Gasteiger partial charge in [-0.05, 0) is 36.2 Å². The van der Waals surface area contributed by atoms with E-state index in [9.17, 15) is 14.7 Å². The van der Waals surface area contributed by atoms with Crippen LogP contribution in [0.3, 0.4) is 0 Å². The molecule has 1 aromatic heterocycles. The molecule has 0 spiro atoms. The number of nitrogens with one attached hydrogen (secondary N) is 1. The van der Waals surface area contributed by atoms with Crippen molar-refractivity contribution in [3.05, 3.63) is 83.7 Å². The molecule has 4 rings (SSSR count). The number of rotatable bonds is 9. The van der Waals surface area contributed by atoms with E-state index < -0.39 is 24.3 Å². The third-order valence-corrected chi connectivity index (χ3v) is 6.73. The minimum absolute atomic E-state index is 0.0174. The summed E-state index contributed by atoms with van der Waals surface area (Å²) in [5, 5.41) is 12.8. The molecule has 1 amide bonds. The minimum atomic E-state index is -0.896. The third kappa shape index (κ3) is 7.59. The van der Waals surface area contributed by atoms with Crippen molar-refractivity contribution in [3.8, 4) is 0 Å². The highest BCUT2D eigenvalue weighted by atomic mass is 32.2. The van der Waals surface area contributed by atoms with E-state index in [1.54, 1.807) is 30.6 Å². The summed E-state index contributed by atoms with van der Waals surface area (Å²) in [7, 11) is 0. The Hall–Kier alpha value is -3.31. The van der Waals surface area contributed by atoms with Gasteiger partial charge in [0.15, 0.2) is 17.6 Å². The Morgan fingerprint density at radius 2 is 1.76 bits per heavy atom. The highest BCUT2D eigenvalue weighted by molar-refractivity contribution is 7.99. The first kappa shape index (κ1) is 26.7. The van der Waals surface area contributed by atoms with E-state index in [0.29, 0.717) is 23.0 Å². The van der Waals surface area contributed by atoms with Crippen molar-refractivity contribution < 1.29 is 28.9 Å². The van der Waals surface area contributed by atoms with Gasteiger partial charge in [0.1, 0.15) is 0 Å². The molecule has 0 aliphatic carbocycles. The Balaban J connectivity index is 1.47. The number of aliphatic hydroxyl groups excluding tert-OH is 1. The van der Waals surface area contributed by atoms with E-state index in [0.717, 1.165) is 16.7 Å². The normalized spacial score (nSPS) is 20.1. The zero-order chi connectivity index (χ0) is 26.2. The molecule has 4 atom stereocenters. The van der Waals surface area contributed by atoms with E-state index in [1.807, 2.05) is 36.4 Å². The fraction of sp³-hybridized carbons (Fsp3) is 0.333. The second-order valence-electron chi connectivity index (χ2n) is 8.56. The number of aromatic nitrogens is 2. The molecule has 2 N–H and O–H groups in total. The monoisotopic (exact) mass is 523 g/mol. The van der Waals surface area contributed by atoms with Gasteiger partial charge in [-0.3, -0.25) is 9.59 Å². The molecular weight excluding hydrogens is 494 g/mol. The van der Waals surface area contributed by atoms with Gasteiger partial charge in [-0.15, -0.1) is 0 Å². The van der Waals surface area contributed by atoms with Gasteiger partial charge in [-0.2, -0.15) is 0 Å². The van der Waals surface area contributed by atoms with Gasteiger partial charge in [-0.1, -0.05) is 48.2 Å². The molecule has 194 valence electrons. The van der Waals surface area contributed by atoms with Crippen molar-refractivity contribution in [2.75, 3.05) is 11.1 Å². The van der Waals surface area contributed by atoms with Crippen LogP contribution in [0.25, 0.3) is 0 Å². The zero-order valence-electron chi connectivity index (χ0n) is 20.6. The number of thioether (sulfide) groups is 1. The Morgan fingerprint density at radius 1 is 1.08 bits per heavy atom. The summed E-state index contributed by atoms with van der Waals surface area (Å²) in [5.74, 6) is -0.284. The van der Waals surface area contributed by atoms with Gasteiger partial charge in [0.2, 0.25) is 0 Å². The predicted molar refractivity (Wildman–Crippen MR) is 137 cm³/mol. The maximum atomic E-state index is 12.2. The van der Waals surface area contributed by atoms with E-state index in [-0.39, 0.29) is 18.8 Å². The maximum absolute atomic E-state index is 12.2. The van der Waals surface area contributed by atoms with Crippen molar-refractivity contribution in [2.24, 2.45) is 0 Å². The number of nitrogens with zero attached hydrogens (tertiary/aromatic N) is 2. The van der Waals surface area contributed by atoms with Crippen molar-refractivity contribution in [1.29, 1.82) is 0 Å². The van der Waals surface area contributed by atoms with Crippen LogP contribution in [0.4, 0.5) is 5.69 Å². The number of benzene rings is 2. The van der Waals surface area contributed by atoms with E-state index in [2.05, 4.69) is 15.3 Å². The van der Waals surface area contributed by atoms with Crippen LogP contribution in [0.2, 0.25) is 0 Å². The molecule has 0 bridgehead atoms. The molecule has 1 fully saturated rings. The molecule has 0 saturated carbocycles. The average molecular weight is 524 g/mol. The van der Waals surface area contributed by atoms with Crippen LogP contribution in [-0.2, 0) is 30.4 Å². The van der Waals surface area contributed by atoms with Gasteiger partial charge in [-0.25, -0.2) is 9.97 Å². The molecular formula is C27H29N3O6S. The quantitative estimate of drug-likeness (QED) is 0.242. The summed E-state index contributed by atoms with van der Waals surface area (Å²) in [5.41, 5.74) is 3.20. The lowest BCUT2D eigenvalue weighted by atomic mass is 10.0. The number of amides is 1. The molecule has 2 heterocycles. The van der Waals surface area contributed by atoms with Gasteiger partial charge in [0.25, 0.3) is 5.91 Å². The molecule has 4 unspecified atom stereocenters. The molecule has 2 aromatic carbocycles. The molecule has 0 radical (unpaired) electrons. The number of esters is 1. The Labute approximate surface area is 219 Å². The number of hydrogen-bond donors (Lipinski definition) is 2. The number of anilines is 1. The fourth-order valence-corrected chi connectivity index (χ4v) is 4.64. The van der Waals surface area contributed by atoms with Crippen LogP contribution in [0.1, 0.15) is 49.4 Å². The molecule has 9 nitrogen and oxygen atoms in total. The first-order chi connectivity index (χ1) is 17.9. The number of carbonyl (C=O) groups is 2. The summed E-state index contributed by atoms with van der Waals surface area (Å²) in [6, 6.07) is 16.6. The second kappa shape index (κ2) is 12.8. The third-order valence-electron chi connectivity index (χ3n) is 5.72. The molecule has 1 aliphatic rings. The molecule has 1 aliphatic heterocycles. The van der Waals surface area contributed by atoms with E-state index in [4.69, 9.17) is 14.2 Å². The largest absolute Gasteiger partial charge is 0.453 e. The molecule has 10 heteroatoms. The SMILES string of the molecule is CC(=O)OC(C)C(=O)Nc1ccc(C2OC(CSc3ncccn3)CC(c3ccc(CO)cc3)O2)cc1. The lowest BCUT2D eigenvalue weighted by Gasteiger charge is -2.36. The Morgan fingerprint density at radius 3 is 2.41 bits per heavy atom. The van der Waals surface area contributed by atoms with Crippen LogP contribution in [0.15, 0.2) is 72.1 Å². The van der Waals surface area contributed by atoms with Crippen molar-refractivity contribution in [2.45, 2.75) is 56.6 Å². The van der Waals surface area contributed by atoms with Crippen LogP contribution in [0.5, 0.6) is 0 Å². The first-order valence-electron chi connectivity index (χ1n) is 11.9. The highest BCUT2D eigenvalue weighted by Gasteiger charge is 2.32. The summed E-state index contributed by atoms with van der Waals surface area (Å²) in [6.45, 7) is 2.76. The minimum Gasteiger partial charge on any atom is -0.453 e. The van der Waals surface area contributed by atoms with Gasteiger partial charge in [0.05, 0.1) is 18.8 Å². The number of aliphatic hydroxyl groups is 1. The summed E-state index contributed by atoms with van der Waals surface area (Å²) >= 11 is 1.52. The standard InChI is InChI=1S/C27H29N3O6S/c1-17(34-18(2)32)25(33)30-22-10-8-21(9-11-22)26-35-23(16-37-27-28-12-3-13-29-27)14-24(36-26)20-6-4-19(15-31)5-7-20/h3-13,17,23-24,26,31H,14-16H2,1-2H3,(H,30,33). The lowest BCUT2D eigenvalue weighted by molar-refractivity contribution is -0.245. The topological polar surface area (TPSA) is 120 Å². The lowest BCUT2D eigenvalue weighted by Crippen LogP contribution is -2.31. The van der Waals surface area contributed by atoms with E-state index in [1.165, 1.54) is 25.6 Å².